The third kappa shape index (κ3) is 2.23. The molecule has 0 bridgehead atoms. The Bertz CT molecular complexity index is 151. The number of piperazine rings is 1. The second-order valence-electron chi connectivity index (χ2n) is 4.80. The van der Waals surface area contributed by atoms with Crippen molar-refractivity contribution in [1.29, 1.82) is 0 Å². The van der Waals surface area contributed by atoms with E-state index in [4.69, 9.17) is 0 Å². The van der Waals surface area contributed by atoms with E-state index in [1.165, 1.54) is 54.8 Å². The van der Waals surface area contributed by atoms with Crippen molar-refractivity contribution in [2.45, 2.75) is 20.8 Å². The molecule has 0 atom stereocenters. The van der Waals surface area contributed by atoms with Crippen molar-refractivity contribution in [3.05, 3.63) is 0 Å². The summed E-state index contributed by atoms with van der Waals surface area (Å²) in [5.41, 5.74) is 0. The molecule has 1 aliphatic rings. The summed E-state index contributed by atoms with van der Waals surface area (Å²) in [7, 11) is 2.40. The van der Waals surface area contributed by atoms with Crippen LogP contribution in [0, 0.1) is 0 Å². The number of likely N-dealkylation sites (N-methyl/N-ethyl adjacent to an activating group) is 2. The molecule has 78 valence electrons. The number of quaternary nitrogens is 2. The minimum absolute atomic E-state index is 1.29. The number of hydrogen-bond acceptors (Lipinski definition) is 0. The van der Waals surface area contributed by atoms with Gasteiger partial charge in [-0.05, 0) is 20.8 Å². The predicted molar refractivity (Wildman–Crippen MR) is 57.5 cm³/mol. The molecular weight excluding hydrogens is 160 g/mol. The molecule has 0 N–H and O–H groups in total. The number of rotatable bonds is 3. The Kier molecular flexibility index (Phi) is 3.36. The summed E-state index contributed by atoms with van der Waals surface area (Å²) in [5.74, 6) is 0. The highest BCUT2D eigenvalue weighted by atomic mass is 15.5. The van der Waals surface area contributed by atoms with Gasteiger partial charge in [-0.25, -0.2) is 0 Å². The van der Waals surface area contributed by atoms with Gasteiger partial charge in [0.2, 0.25) is 0 Å². The molecule has 0 amide bonds. The van der Waals surface area contributed by atoms with Crippen LogP contribution in [-0.4, -0.2) is 61.8 Å². The van der Waals surface area contributed by atoms with Gasteiger partial charge in [-0.1, -0.05) is 0 Å². The molecule has 2 heteroatoms. The second kappa shape index (κ2) is 3.97. The van der Waals surface area contributed by atoms with Gasteiger partial charge < -0.3 is 8.97 Å². The lowest BCUT2D eigenvalue weighted by molar-refractivity contribution is -1.02. The normalized spacial score (nSPS) is 25.8. The zero-order chi connectivity index (χ0) is 9.95. The predicted octanol–water partition coefficient (Wildman–Crippen LogP) is 1.32. The van der Waals surface area contributed by atoms with Crippen molar-refractivity contribution in [3.8, 4) is 0 Å². The van der Waals surface area contributed by atoms with Crippen molar-refractivity contribution in [1.82, 2.24) is 0 Å². The fourth-order valence-corrected chi connectivity index (χ4v) is 2.30. The van der Waals surface area contributed by atoms with E-state index in [0.29, 0.717) is 0 Å². The van der Waals surface area contributed by atoms with E-state index in [2.05, 4.69) is 27.8 Å². The van der Waals surface area contributed by atoms with Crippen molar-refractivity contribution < 1.29 is 8.97 Å². The van der Waals surface area contributed by atoms with Crippen LogP contribution in [0.15, 0.2) is 0 Å². The van der Waals surface area contributed by atoms with E-state index in [-0.39, 0.29) is 0 Å². The Balaban J connectivity index is 2.54. The van der Waals surface area contributed by atoms with Crippen LogP contribution in [0.3, 0.4) is 0 Å². The Labute approximate surface area is 83.3 Å². The smallest absolute Gasteiger partial charge is 0.129 e. The molecule has 0 aliphatic carbocycles. The molecular formula is C11H26N2+2. The van der Waals surface area contributed by atoms with E-state index in [9.17, 15) is 0 Å². The van der Waals surface area contributed by atoms with Crippen LogP contribution in [0.25, 0.3) is 0 Å². The van der Waals surface area contributed by atoms with Crippen molar-refractivity contribution in [3.63, 3.8) is 0 Å². The highest BCUT2D eigenvalue weighted by Gasteiger charge is 2.36. The summed E-state index contributed by atoms with van der Waals surface area (Å²) in [4.78, 5) is 0. The average Bonchev–Trinajstić information content (AvgIpc) is 2.20. The molecule has 0 aromatic heterocycles. The molecule has 2 nitrogen and oxygen atoms in total. The highest BCUT2D eigenvalue weighted by Crippen LogP contribution is 2.16. The van der Waals surface area contributed by atoms with Crippen molar-refractivity contribution in [2.75, 3.05) is 52.9 Å². The molecule has 1 heterocycles. The Morgan fingerprint density at radius 3 is 1.54 bits per heavy atom. The minimum atomic E-state index is 1.29. The SMILES string of the molecule is CC[N+]1(C)CC[N+](CC)(CC)CC1. The first-order valence-corrected chi connectivity index (χ1v) is 5.78. The van der Waals surface area contributed by atoms with Gasteiger partial charge in [0, 0.05) is 0 Å². The van der Waals surface area contributed by atoms with Gasteiger partial charge in [-0.15, -0.1) is 0 Å². The fourth-order valence-electron chi connectivity index (χ4n) is 2.30. The lowest BCUT2D eigenvalue weighted by Gasteiger charge is -2.47. The Hall–Kier alpha value is -0.0800. The largest absolute Gasteiger partial charge is 0.317 e. The molecule has 1 aliphatic heterocycles. The van der Waals surface area contributed by atoms with Gasteiger partial charge >= 0.3 is 0 Å². The first kappa shape index (κ1) is 11.0. The molecule has 0 unspecified atom stereocenters. The first-order chi connectivity index (χ1) is 6.10. The highest BCUT2D eigenvalue weighted by molar-refractivity contribution is 4.50. The maximum Gasteiger partial charge on any atom is 0.129 e. The zero-order valence-corrected chi connectivity index (χ0v) is 9.84. The molecule has 1 rings (SSSR count). The second-order valence-corrected chi connectivity index (χ2v) is 4.80. The zero-order valence-electron chi connectivity index (χ0n) is 9.84. The Morgan fingerprint density at radius 1 is 0.769 bits per heavy atom. The molecule has 13 heavy (non-hydrogen) atoms. The quantitative estimate of drug-likeness (QED) is 0.583. The van der Waals surface area contributed by atoms with E-state index in [0.717, 1.165) is 0 Å². The van der Waals surface area contributed by atoms with Gasteiger partial charge in [0.25, 0.3) is 0 Å². The summed E-state index contributed by atoms with van der Waals surface area (Å²) < 4.78 is 2.65. The average molecular weight is 186 g/mol. The molecule has 0 radical (unpaired) electrons. The minimum Gasteiger partial charge on any atom is -0.317 e. The van der Waals surface area contributed by atoms with Gasteiger partial charge in [0.1, 0.15) is 26.2 Å². The van der Waals surface area contributed by atoms with Gasteiger partial charge in [0.05, 0.1) is 26.7 Å². The standard InChI is InChI=1S/C11H26N2/c1-5-12(4)8-10-13(6-2,7-3)11-9-12/h5-11H2,1-4H3/q+2. The lowest BCUT2D eigenvalue weighted by Crippen LogP contribution is -2.65. The van der Waals surface area contributed by atoms with Crippen LogP contribution in [-0.2, 0) is 0 Å². The van der Waals surface area contributed by atoms with Crippen LogP contribution < -0.4 is 0 Å². The third-order valence-electron chi connectivity index (χ3n) is 4.33. The molecule has 0 aromatic rings. The van der Waals surface area contributed by atoms with Crippen LogP contribution in [0.4, 0.5) is 0 Å². The van der Waals surface area contributed by atoms with Gasteiger partial charge in [-0.2, -0.15) is 0 Å². The lowest BCUT2D eigenvalue weighted by atomic mass is 10.2. The summed E-state index contributed by atoms with van der Waals surface area (Å²) in [6.45, 7) is 16.5. The maximum absolute atomic E-state index is 2.40. The summed E-state index contributed by atoms with van der Waals surface area (Å²) in [6, 6.07) is 0. The fraction of sp³-hybridized carbons (Fsp3) is 1.00. The van der Waals surface area contributed by atoms with E-state index in [1.807, 2.05) is 0 Å². The van der Waals surface area contributed by atoms with Crippen molar-refractivity contribution >= 4 is 0 Å². The van der Waals surface area contributed by atoms with Crippen LogP contribution >= 0.6 is 0 Å². The van der Waals surface area contributed by atoms with Gasteiger partial charge in [0.15, 0.2) is 0 Å². The van der Waals surface area contributed by atoms with Crippen LogP contribution in [0.1, 0.15) is 20.8 Å². The first-order valence-electron chi connectivity index (χ1n) is 5.78. The molecule has 0 spiro atoms. The molecule has 0 aromatic carbocycles. The maximum atomic E-state index is 2.40. The molecule has 1 saturated heterocycles. The monoisotopic (exact) mass is 186 g/mol. The van der Waals surface area contributed by atoms with Crippen LogP contribution in [0.5, 0.6) is 0 Å². The summed E-state index contributed by atoms with van der Waals surface area (Å²) >= 11 is 0. The van der Waals surface area contributed by atoms with Crippen molar-refractivity contribution in [2.24, 2.45) is 0 Å². The van der Waals surface area contributed by atoms with Crippen LogP contribution in [0.2, 0.25) is 0 Å². The summed E-state index contributed by atoms with van der Waals surface area (Å²) in [6.07, 6.45) is 0. The van der Waals surface area contributed by atoms with E-state index < -0.39 is 0 Å². The molecule has 0 saturated carbocycles. The van der Waals surface area contributed by atoms with E-state index >= 15 is 0 Å². The van der Waals surface area contributed by atoms with E-state index in [1.54, 1.807) is 0 Å². The third-order valence-corrected chi connectivity index (χ3v) is 4.33. The summed E-state index contributed by atoms with van der Waals surface area (Å²) in [5, 5.41) is 0. The number of nitrogens with zero attached hydrogens (tertiary/aromatic N) is 2. The number of hydrogen-bond donors (Lipinski definition) is 0. The topological polar surface area (TPSA) is 0 Å². The van der Waals surface area contributed by atoms with Gasteiger partial charge in [-0.3, -0.25) is 0 Å². The molecule has 1 fully saturated rings. The Morgan fingerprint density at radius 2 is 1.23 bits per heavy atom.